The molecule has 1 aliphatic heterocycles. The molecule has 3 heteroatoms. The largest absolute Gasteiger partial charge is 0.462 e. The Labute approximate surface area is 316 Å². The number of esters is 1. The van der Waals surface area contributed by atoms with Crippen molar-refractivity contribution in [1.82, 2.24) is 4.90 Å². The van der Waals surface area contributed by atoms with E-state index in [1.54, 1.807) is 0 Å². The zero-order valence-electron chi connectivity index (χ0n) is 35.5. The maximum atomic E-state index is 12.9. The van der Waals surface area contributed by atoms with E-state index in [0.717, 1.165) is 32.5 Å². The van der Waals surface area contributed by atoms with Crippen molar-refractivity contribution in [3.8, 4) is 0 Å². The number of hydrogen-bond acceptors (Lipinski definition) is 3. The van der Waals surface area contributed by atoms with Crippen LogP contribution in [0.4, 0.5) is 0 Å². The zero-order valence-corrected chi connectivity index (χ0v) is 35.5. The highest BCUT2D eigenvalue weighted by Gasteiger charge is 2.20. The summed E-state index contributed by atoms with van der Waals surface area (Å²) in [6.07, 6.45) is 45.3. The highest BCUT2D eigenvalue weighted by Crippen LogP contribution is 2.32. The van der Waals surface area contributed by atoms with Gasteiger partial charge >= 0.3 is 5.97 Å². The zero-order chi connectivity index (χ0) is 36.6. The summed E-state index contributed by atoms with van der Waals surface area (Å²) in [5.74, 6) is 0.0432. The number of likely N-dealkylation sites (tertiary alicyclic amines) is 1. The Balaban J connectivity index is 2.27. The van der Waals surface area contributed by atoms with E-state index in [-0.39, 0.29) is 12.1 Å². The Morgan fingerprint density at radius 3 is 1.18 bits per heavy atom. The van der Waals surface area contributed by atoms with E-state index in [9.17, 15) is 4.79 Å². The molecule has 1 heterocycles. The van der Waals surface area contributed by atoms with Crippen molar-refractivity contribution in [2.24, 2.45) is 10.8 Å². The third kappa shape index (κ3) is 29.9. The Hall–Kier alpha value is -0.570. The molecule has 1 fully saturated rings. The Morgan fingerprint density at radius 1 is 0.500 bits per heavy atom. The van der Waals surface area contributed by atoms with Gasteiger partial charge in [0.1, 0.15) is 6.10 Å². The number of nitrogens with zero attached hydrogens (tertiary/aromatic N) is 1. The molecule has 0 aromatic carbocycles. The molecule has 1 atom stereocenters. The van der Waals surface area contributed by atoms with Gasteiger partial charge in [-0.1, -0.05) is 189 Å². The number of carbonyl (C=O) groups excluding carboxylic acids is 1. The van der Waals surface area contributed by atoms with Crippen LogP contribution in [-0.2, 0) is 9.53 Å². The van der Waals surface area contributed by atoms with Crippen LogP contribution in [-0.4, -0.2) is 36.6 Å². The van der Waals surface area contributed by atoms with Crippen molar-refractivity contribution in [2.45, 2.75) is 266 Å². The van der Waals surface area contributed by atoms with Gasteiger partial charge < -0.3 is 9.64 Å². The number of rotatable bonds is 37. The van der Waals surface area contributed by atoms with Crippen molar-refractivity contribution in [1.29, 1.82) is 0 Å². The fourth-order valence-electron chi connectivity index (χ4n) is 8.32. The molecule has 0 aromatic rings. The second kappa shape index (κ2) is 31.9. The lowest BCUT2D eigenvalue weighted by Crippen LogP contribution is -2.25. The molecular formula is C47H93NO2. The van der Waals surface area contributed by atoms with Crippen LogP contribution in [0, 0.1) is 10.8 Å². The predicted molar refractivity (Wildman–Crippen MR) is 222 cm³/mol. The summed E-state index contributed by atoms with van der Waals surface area (Å²) in [5.41, 5.74) is 0.924. The van der Waals surface area contributed by atoms with Gasteiger partial charge in [0.25, 0.3) is 0 Å². The van der Waals surface area contributed by atoms with Gasteiger partial charge in [-0.3, -0.25) is 4.79 Å². The molecule has 0 bridgehead atoms. The van der Waals surface area contributed by atoms with Crippen molar-refractivity contribution < 1.29 is 9.53 Å². The molecule has 1 unspecified atom stereocenters. The number of unbranched alkanes of at least 4 members (excludes halogenated alkanes) is 21. The first-order chi connectivity index (χ1) is 24.2. The molecule has 0 N–H and O–H groups in total. The van der Waals surface area contributed by atoms with E-state index in [0.29, 0.717) is 17.3 Å². The lowest BCUT2D eigenvalue weighted by atomic mass is 9.81. The summed E-state index contributed by atoms with van der Waals surface area (Å²) in [6, 6.07) is 0. The Kier molecular flexibility index (Phi) is 30.3. The summed E-state index contributed by atoms with van der Waals surface area (Å²) in [5, 5.41) is 0. The Bertz CT molecular complexity index is 739. The fourth-order valence-corrected chi connectivity index (χ4v) is 8.32. The second-order valence-electron chi connectivity index (χ2n) is 18.4. The first-order valence-corrected chi connectivity index (χ1v) is 23.1. The normalized spacial score (nSPS) is 14.8. The smallest absolute Gasteiger partial charge is 0.307 e. The van der Waals surface area contributed by atoms with Gasteiger partial charge in [0.05, 0.1) is 6.42 Å². The first kappa shape index (κ1) is 47.5. The maximum Gasteiger partial charge on any atom is 0.307 e. The summed E-state index contributed by atoms with van der Waals surface area (Å²) >= 11 is 0. The monoisotopic (exact) mass is 704 g/mol. The van der Waals surface area contributed by atoms with Crippen molar-refractivity contribution in [2.75, 3.05) is 19.6 Å². The lowest BCUT2D eigenvalue weighted by Gasteiger charge is -2.25. The Morgan fingerprint density at radius 2 is 0.820 bits per heavy atom. The molecule has 0 amide bonds. The average Bonchev–Trinajstić information content (AvgIpc) is 3.61. The van der Waals surface area contributed by atoms with Crippen LogP contribution in [0.5, 0.6) is 0 Å². The standard InChI is InChI=1S/C47H93NO2/c1-7-9-11-13-15-17-19-21-23-29-38-47(5,6)40-31-25-27-35-44(50-45(49)36-43-48-41-32-33-42-48)34-26-24-30-39-46(3,4)37-28-22-20-18-16-14-12-10-8-2/h44H,7-43H2,1-6H3. The molecule has 0 radical (unpaired) electrons. The van der Waals surface area contributed by atoms with Crippen molar-refractivity contribution in [3.63, 3.8) is 0 Å². The third-order valence-corrected chi connectivity index (χ3v) is 12.1. The van der Waals surface area contributed by atoms with Crippen LogP contribution in [0.3, 0.4) is 0 Å². The fraction of sp³-hybridized carbons (Fsp3) is 0.979. The van der Waals surface area contributed by atoms with E-state index in [4.69, 9.17) is 4.74 Å². The van der Waals surface area contributed by atoms with Gasteiger partial charge in [-0.2, -0.15) is 0 Å². The molecule has 0 aromatic heterocycles. The van der Waals surface area contributed by atoms with Gasteiger partial charge in [0.2, 0.25) is 0 Å². The molecule has 0 aliphatic carbocycles. The highest BCUT2D eigenvalue weighted by molar-refractivity contribution is 5.69. The van der Waals surface area contributed by atoms with Gasteiger partial charge in [-0.15, -0.1) is 0 Å². The molecule has 1 saturated heterocycles. The summed E-state index contributed by atoms with van der Waals surface area (Å²) in [6.45, 7) is 17.7. The van der Waals surface area contributed by atoms with Crippen LogP contribution in [0.25, 0.3) is 0 Å². The molecular weight excluding hydrogens is 611 g/mol. The SMILES string of the molecule is CCCCCCCCCCCCC(C)(C)CCCCCC(CCCCCC(C)(C)CCCCCCCCCCC)OC(=O)CCN1CCCC1. The van der Waals surface area contributed by atoms with Crippen LogP contribution in [0.15, 0.2) is 0 Å². The van der Waals surface area contributed by atoms with E-state index >= 15 is 0 Å². The molecule has 1 aliphatic rings. The molecule has 298 valence electrons. The maximum absolute atomic E-state index is 12.9. The van der Waals surface area contributed by atoms with E-state index < -0.39 is 0 Å². The lowest BCUT2D eigenvalue weighted by molar-refractivity contribution is -0.150. The first-order valence-electron chi connectivity index (χ1n) is 23.1. The number of hydrogen-bond donors (Lipinski definition) is 0. The van der Waals surface area contributed by atoms with Crippen LogP contribution in [0.1, 0.15) is 260 Å². The summed E-state index contributed by atoms with van der Waals surface area (Å²) < 4.78 is 6.17. The molecule has 0 spiro atoms. The molecule has 3 nitrogen and oxygen atoms in total. The minimum Gasteiger partial charge on any atom is -0.462 e. The topological polar surface area (TPSA) is 29.5 Å². The van der Waals surface area contributed by atoms with E-state index in [1.165, 1.54) is 199 Å². The van der Waals surface area contributed by atoms with Gasteiger partial charge in [-0.25, -0.2) is 0 Å². The van der Waals surface area contributed by atoms with Crippen molar-refractivity contribution in [3.05, 3.63) is 0 Å². The second-order valence-corrected chi connectivity index (χ2v) is 18.4. The summed E-state index contributed by atoms with van der Waals surface area (Å²) in [4.78, 5) is 15.3. The average molecular weight is 704 g/mol. The third-order valence-electron chi connectivity index (χ3n) is 12.1. The number of ether oxygens (including phenoxy) is 1. The van der Waals surface area contributed by atoms with Crippen LogP contribution >= 0.6 is 0 Å². The van der Waals surface area contributed by atoms with E-state index in [2.05, 4.69) is 46.4 Å². The molecule has 1 rings (SSSR count). The van der Waals surface area contributed by atoms with Crippen molar-refractivity contribution >= 4 is 5.97 Å². The predicted octanol–water partition coefficient (Wildman–Crippen LogP) is 15.6. The highest BCUT2D eigenvalue weighted by atomic mass is 16.5. The molecule has 0 saturated carbocycles. The number of carbonyl (C=O) groups is 1. The summed E-state index contributed by atoms with van der Waals surface area (Å²) in [7, 11) is 0. The van der Waals surface area contributed by atoms with E-state index in [1.807, 2.05) is 0 Å². The van der Waals surface area contributed by atoms with Crippen LogP contribution in [0.2, 0.25) is 0 Å². The quantitative estimate of drug-likeness (QED) is 0.0476. The van der Waals surface area contributed by atoms with Gasteiger partial charge in [0.15, 0.2) is 0 Å². The van der Waals surface area contributed by atoms with Gasteiger partial charge in [-0.05, 0) is 88.1 Å². The van der Waals surface area contributed by atoms with Crippen LogP contribution < -0.4 is 0 Å². The van der Waals surface area contributed by atoms with Gasteiger partial charge in [0, 0.05) is 6.54 Å². The minimum absolute atomic E-state index is 0.0432. The molecule has 50 heavy (non-hydrogen) atoms. The minimum atomic E-state index is 0.0432.